The topological polar surface area (TPSA) is 40.7 Å². The van der Waals surface area contributed by atoms with E-state index in [0.717, 1.165) is 30.6 Å². The summed E-state index contributed by atoms with van der Waals surface area (Å²) >= 11 is 0. The first-order valence-corrected chi connectivity index (χ1v) is 6.94. The van der Waals surface area contributed by atoms with Gasteiger partial charge in [0.1, 0.15) is 5.65 Å². The number of pyridine rings is 1. The van der Waals surface area contributed by atoms with Gasteiger partial charge in [0.15, 0.2) is 0 Å². The van der Waals surface area contributed by atoms with Gasteiger partial charge in [0, 0.05) is 24.3 Å². The Hall–Kier alpha value is -1.35. The molecule has 0 radical (unpaired) electrons. The van der Waals surface area contributed by atoms with Crippen molar-refractivity contribution in [3.05, 3.63) is 30.1 Å². The number of H-pyrrole nitrogens is 1. The third-order valence-corrected chi connectivity index (χ3v) is 4.09. The van der Waals surface area contributed by atoms with Gasteiger partial charge >= 0.3 is 0 Å². The number of hydrogen-bond acceptors (Lipinski definition) is 2. The Morgan fingerprint density at radius 3 is 3.22 bits per heavy atom. The van der Waals surface area contributed by atoms with Gasteiger partial charge in [0.05, 0.1) is 0 Å². The highest BCUT2D eigenvalue weighted by atomic mass is 14.9. The predicted octanol–water partition coefficient (Wildman–Crippen LogP) is 3.09. The van der Waals surface area contributed by atoms with Gasteiger partial charge in [-0.3, -0.25) is 0 Å². The maximum Gasteiger partial charge on any atom is 0.137 e. The number of fused-ring (bicyclic) bond motifs is 1. The summed E-state index contributed by atoms with van der Waals surface area (Å²) in [6.45, 7) is 4.46. The summed E-state index contributed by atoms with van der Waals surface area (Å²) in [4.78, 5) is 7.54. The van der Waals surface area contributed by atoms with Crippen LogP contribution in [0.15, 0.2) is 24.5 Å². The van der Waals surface area contributed by atoms with Crippen molar-refractivity contribution in [2.75, 3.05) is 6.54 Å². The Labute approximate surface area is 108 Å². The Kier molecular flexibility index (Phi) is 3.33. The maximum atomic E-state index is 4.31. The van der Waals surface area contributed by atoms with Gasteiger partial charge in [0.25, 0.3) is 0 Å². The summed E-state index contributed by atoms with van der Waals surface area (Å²) in [5.41, 5.74) is 2.31. The van der Waals surface area contributed by atoms with Crippen LogP contribution in [0.25, 0.3) is 11.0 Å². The molecule has 0 saturated heterocycles. The number of rotatable bonds is 4. The minimum Gasteiger partial charge on any atom is -0.346 e. The van der Waals surface area contributed by atoms with Gasteiger partial charge in [-0.05, 0) is 48.9 Å². The molecule has 2 N–H and O–H groups in total. The Morgan fingerprint density at radius 1 is 1.44 bits per heavy atom. The highest BCUT2D eigenvalue weighted by Gasteiger charge is 2.20. The number of hydrogen-bond donors (Lipinski definition) is 2. The van der Waals surface area contributed by atoms with Crippen molar-refractivity contribution in [2.45, 2.75) is 32.7 Å². The van der Waals surface area contributed by atoms with Crippen molar-refractivity contribution in [2.24, 2.45) is 11.8 Å². The van der Waals surface area contributed by atoms with Gasteiger partial charge in [-0.1, -0.05) is 13.3 Å². The van der Waals surface area contributed by atoms with Gasteiger partial charge in [-0.2, -0.15) is 0 Å². The fourth-order valence-electron chi connectivity index (χ4n) is 3.08. The summed E-state index contributed by atoms with van der Waals surface area (Å²) in [7, 11) is 0. The first-order valence-electron chi connectivity index (χ1n) is 6.94. The van der Waals surface area contributed by atoms with Crippen LogP contribution >= 0.6 is 0 Å². The molecule has 2 aromatic rings. The van der Waals surface area contributed by atoms with E-state index in [9.17, 15) is 0 Å². The van der Waals surface area contributed by atoms with Crippen molar-refractivity contribution < 1.29 is 0 Å². The molecule has 0 aliphatic heterocycles. The average Bonchev–Trinajstić information content (AvgIpc) is 2.97. The van der Waals surface area contributed by atoms with E-state index in [-0.39, 0.29) is 0 Å². The average molecular weight is 243 g/mol. The van der Waals surface area contributed by atoms with Gasteiger partial charge < -0.3 is 10.3 Å². The molecule has 96 valence electrons. The summed E-state index contributed by atoms with van der Waals surface area (Å²) in [5, 5.41) is 4.84. The summed E-state index contributed by atoms with van der Waals surface area (Å²) in [5.74, 6) is 1.80. The number of aromatic nitrogens is 2. The van der Waals surface area contributed by atoms with Crippen LogP contribution < -0.4 is 5.32 Å². The minimum atomic E-state index is 0.878. The molecule has 18 heavy (non-hydrogen) atoms. The van der Waals surface area contributed by atoms with Crippen molar-refractivity contribution in [3.8, 4) is 0 Å². The lowest BCUT2D eigenvalue weighted by molar-refractivity contribution is 0.471. The van der Waals surface area contributed by atoms with Crippen molar-refractivity contribution >= 4 is 11.0 Å². The monoisotopic (exact) mass is 243 g/mol. The molecule has 2 aromatic heterocycles. The molecule has 2 unspecified atom stereocenters. The lowest BCUT2D eigenvalue weighted by Crippen LogP contribution is -2.20. The Morgan fingerprint density at radius 2 is 2.39 bits per heavy atom. The predicted molar refractivity (Wildman–Crippen MR) is 74.3 cm³/mol. The molecule has 3 rings (SSSR count). The fraction of sp³-hybridized carbons (Fsp3) is 0.533. The SMILES string of the molecule is CC1CCC(CNCc2c[nH]c3ncccc23)C1. The molecule has 1 aliphatic carbocycles. The summed E-state index contributed by atoms with van der Waals surface area (Å²) in [6.07, 6.45) is 8.09. The Bertz CT molecular complexity index is 517. The highest BCUT2D eigenvalue weighted by molar-refractivity contribution is 5.79. The third kappa shape index (κ3) is 2.41. The van der Waals surface area contributed by atoms with Crippen LogP contribution in [-0.4, -0.2) is 16.5 Å². The smallest absolute Gasteiger partial charge is 0.137 e. The van der Waals surface area contributed by atoms with Gasteiger partial charge in [-0.25, -0.2) is 4.98 Å². The highest BCUT2D eigenvalue weighted by Crippen LogP contribution is 2.29. The molecule has 1 fully saturated rings. The molecule has 1 saturated carbocycles. The molecule has 2 atom stereocenters. The number of nitrogens with zero attached hydrogens (tertiary/aromatic N) is 1. The van der Waals surface area contributed by atoms with E-state index in [0.29, 0.717) is 0 Å². The normalized spacial score (nSPS) is 23.8. The van der Waals surface area contributed by atoms with Crippen LogP contribution in [0.4, 0.5) is 0 Å². The fourth-order valence-corrected chi connectivity index (χ4v) is 3.08. The molecule has 0 amide bonds. The zero-order valence-corrected chi connectivity index (χ0v) is 10.9. The molecule has 3 nitrogen and oxygen atoms in total. The second-order valence-electron chi connectivity index (χ2n) is 5.63. The second kappa shape index (κ2) is 5.11. The third-order valence-electron chi connectivity index (χ3n) is 4.09. The van der Waals surface area contributed by atoms with Gasteiger partial charge in [-0.15, -0.1) is 0 Å². The maximum absolute atomic E-state index is 4.31. The second-order valence-corrected chi connectivity index (χ2v) is 5.63. The van der Waals surface area contributed by atoms with Crippen LogP contribution in [0.2, 0.25) is 0 Å². The van der Waals surface area contributed by atoms with E-state index >= 15 is 0 Å². The molecule has 0 bridgehead atoms. The lowest BCUT2D eigenvalue weighted by atomic mass is 10.1. The molecule has 2 heterocycles. The molecular weight excluding hydrogens is 222 g/mol. The first kappa shape index (κ1) is 11.7. The van der Waals surface area contributed by atoms with E-state index in [4.69, 9.17) is 0 Å². The number of nitrogens with one attached hydrogen (secondary N) is 2. The first-order chi connectivity index (χ1) is 8.83. The van der Waals surface area contributed by atoms with E-state index in [1.165, 1.54) is 30.2 Å². The molecule has 3 heteroatoms. The van der Waals surface area contributed by atoms with Crippen molar-refractivity contribution in [3.63, 3.8) is 0 Å². The number of aromatic amines is 1. The molecule has 0 spiro atoms. The Balaban J connectivity index is 1.57. The molecular formula is C15H21N3. The molecule has 0 aromatic carbocycles. The summed E-state index contributed by atoms with van der Waals surface area (Å²) in [6, 6.07) is 4.13. The van der Waals surface area contributed by atoms with Crippen LogP contribution in [0.1, 0.15) is 31.7 Å². The van der Waals surface area contributed by atoms with E-state index in [2.05, 4.69) is 34.5 Å². The van der Waals surface area contributed by atoms with Crippen LogP contribution in [0.5, 0.6) is 0 Å². The van der Waals surface area contributed by atoms with Gasteiger partial charge in [0.2, 0.25) is 0 Å². The van der Waals surface area contributed by atoms with E-state index < -0.39 is 0 Å². The zero-order valence-electron chi connectivity index (χ0n) is 10.9. The minimum absolute atomic E-state index is 0.878. The van der Waals surface area contributed by atoms with E-state index in [1.807, 2.05) is 12.3 Å². The van der Waals surface area contributed by atoms with Crippen molar-refractivity contribution in [1.82, 2.24) is 15.3 Å². The standard InChI is InChI=1S/C15H21N3/c1-11-4-5-12(7-11)8-16-9-13-10-18-15-14(13)3-2-6-17-15/h2-3,6,10-12,16H,4-5,7-9H2,1H3,(H,17,18). The quantitative estimate of drug-likeness (QED) is 0.866. The molecule has 1 aliphatic rings. The largest absolute Gasteiger partial charge is 0.346 e. The summed E-state index contributed by atoms with van der Waals surface area (Å²) < 4.78 is 0. The lowest BCUT2D eigenvalue weighted by Gasteiger charge is -2.10. The zero-order chi connectivity index (χ0) is 12.4. The van der Waals surface area contributed by atoms with Crippen molar-refractivity contribution in [1.29, 1.82) is 0 Å². The van der Waals surface area contributed by atoms with Crippen LogP contribution in [0.3, 0.4) is 0 Å². The van der Waals surface area contributed by atoms with Crippen LogP contribution in [0, 0.1) is 11.8 Å². The van der Waals surface area contributed by atoms with Crippen LogP contribution in [-0.2, 0) is 6.54 Å². The van der Waals surface area contributed by atoms with E-state index in [1.54, 1.807) is 0 Å².